The van der Waals surface area contributed by atoms with E-state index in [4.69, 9.17) is 16.7 Å². The minimum Gasteiger partial charge on any atom is -0.329 e. The topological polar surface area (TPSA) is 67.2 Å². The third kappa shape index (κ3) is 6.23. The maximum absolute atomic E-state index is 13.7. The van der Waals surface area contributed by atoms with Crippen LogP contribution in [-0.4, -0.2) is 33.0 Å². The molecule has 0 saturated heterocycles. The molecule has 200 valence electrons. The molecule has 1 N–H and O–H groups in total. The second-order valence-electron chi connectivity index (χ2n) is 11.1. The minimum absolute atomic E-state index is 0.00199. The molecule has 7 heteroatoms. The molecule has 3 aromatic carbocycles. The molecule has 1 aliphatic carbocycles. The molecule has 0 aliphatic heterocycles. The first-order valence-electron chi connectivity index (χ1n) is 13.2. The maximum atomic E-state index is 13.7. The van der Waals surface area contributed by atoms with Gasteiger partial charge in [0.2, 0.25) is 11.8 Å². The van der Waals surface area contributed by atoms with E-state index in [1.807, 2.05) is 72.8 Å². The Bertz CT molecular complexity index is 1460. The van der Waals surface area contributed by atoms with Gasteiger partial charge in [0, 0.05) is 23.9 Å². The summed E-state index contributed by atoms with van der Waals surface area (Å²) in [7, 11) is 0. The van der Waals surface area contributed by atoms with Crippen LogP contribution < -0.4 is 5.32 Å². The third-order valence-corrected chi connectivity index (χ3v) is 7.34. The molecule has 6 nitrogen and oxygen atoms in total. The summed E-state index contributed by atoms with van der Waals surface area (Å²) in [6, 6.07) is 29.1. The number of halogens is 1. The van der Waals surface area contributed by atoms with Crippen molar-refractivity contribution in [2.24, 2.45) is 5.92 Å². The summed E-state index contributed by atoms with van der Waals surface area (Å²) in [6.45, 7) is 6.50. The summed E-state index contributed by atoms with van der Waals surface area (Å²) in [6.07, 6.45) is 0.796. The Morgan fingerprint density at radius 3 is 2.28 bits per heavy atom. The van der Waals surface area contributed by atoms with Crippen LogP contribution in [0.15, 0.2) is 91.0 Å². The number of carbonyl (C=O) groups excluding carboxylic acids is 2. The third-order valence-electron chi connectivity index (χ3n) is 7.02. The Morgan fingerprint density at radius 2 is 1.62 bits per heavy atom. The number of aromatic nitrogens is 2. The number of nitrogens with zero attached hydrogens (tertiary/aromatic N) is 3. The number of amides is 2. The first kappa shape index (κ1) is 26.7. The summed E-state index contributed by atoms with van der Waals surface area (Å²) in [5, 5.41) is 8.30. The molecule has 0 radical (unpaired) electrons. The Kier molecular flexibility index (Phi) is 7.58. The number of nitrogens with one attached hydrogen (secondary N) is 1. The zero-order chi connectivity index (χ0) is 27.6. The summed E-state index contributed by atoms with van der Waals surface area (Å²) < 4.78 is 1.66. The summed E-state index contributed by atoms with van der Waals surface area (Å²) in [5.74, 6) is 0.294. The van der Waals surface area contributed by atoms with E-state index in [1.54, 1.807) is 15.6 Å². The monoisotopic (exact) mass is 540 g/mol. The largest absolute Gasteiger partial charge is 0.329 e. The molecule has 4 aromatic rings. The fraction of sp³-hybridized carbons (Fsp3) is 0.281. The van der Waals surface area contributed by atoms with Crippen molar-refractivity contribution in [2.45, 2.75) is 45.1 Å². The summed E-state index contributed by atoms with van der Waals surface area (Å²) in [4.78, 5) is 28.8. The Hall–Kier alpha value is -3.90. The van der Waals surface area contributed by atoms with Gasteiger partial charge in [-0.3, -0.25) is 9.59 Å². The van der Waals surface area contributed by atoms with Crippen LogP contribution in [0.1, 0.15) is 49.9 Å². The van der Waals surface area contributed by atoms with Crippen LogP contribution in [0, 0.1) is 5.92 Å². The van der Waals surface area contributed by atoms with Gasteiger partial charge in [-0.15, -0.1) is 0 Å². The molecule has 2 amide bonds. The average molecular weight is 541 g/mol. The van der Waals surface area contributed by atoms with Crippen molar-refractivity contribution in [3.05, 3.63) is 113 Å². The van der Waals surface area contributed by atoms with E-state index in [9.17, 15) is 9.59 Å². The van der Waals surface area contributed by atoms with Crippen molar-refractivity contribution in [3.63, 3.8) is 0 Å². The highest BCUT2D eigenvalue weighted by molar-refractivity contribution is 6.32. The van der Waals surface area contributed by atoms with Gasteiger partial charge < -0.3 is 10.2 Å². The van der Waals surface area contributed by atoms with Gasteiger partial charge in [0.15, 0.2) is 0 Å². The predicted octanol–water partition coefficient (Wildman–Crippen LogP) is 6.59. The quantitative estimate of drug-likeness (QED) is 0.274. The summed E-state index contributed by atoms with van der Waals surface area (Å²) in [5.41, 5.74) is 3.40. The minimum atomic E-state index is -0.287. The van der Waals surface area contributed by atoms with E-state index in [2.05, 4.69) is 38.2 Å². The second-order valence-corrected chi connectivity index (χ2v) is 11.5. The fourth-order valence-corrected chi connectivity index (χ4v) is 5.00. The van der Waals surface area contributed by atoms with Crippen molar-refractivity contribution in [2.75, 3.05) is 11.9 Å². The lowest BCUT2D eigenvalue weighted by atomic mass is 9.92. The van der Waals surface area contributed by atoms with E-state index >= 15 is 0 Å². The molecular weight excluding hydrogens is 508 g/mol. The number of para-hydroxylation sites is 1. The number of anilines is 1. The van der Waals surface area contributed by atoms with E-state index in [1.165, 1.54) is 5.56 Å². The standard InChI is InChI=1S/C32H33ClN4O2/c1-32(2,3)28-19-29(37(35-28)27-17-11-10-16-26(27)33)34-30(38)21-36(20-22-12-6-4-7-13-22)31(39)25-18-24(25)23-14-8-5-9-15-23/h4-17,19,24-25H,18,20-21H2,1-3H3,(H,34,38). The lowest BCUT2D eigenvalue weighted by Gasteiger charge is -2.23. The Labute approximate surface area is 234 Å². The Morgan fingerprint density at radius 1 is 0.974 bits per heavy atom. The number of hydrogen-bond donors (Lipinski definition) is 1. The van der Waals surface area contributed by atoms with E-state index in [-0.39, 0.29) is 35.6 Å². The van der Waals surface area contributed by atoms with Crippen molar-refractivity contribution >= 4 is 29.2 Å². The van der Waals surface area contributed by atoms with Crippen molar-refractivity contribution in [1.29, 1.82) is 0 Å². The highest BCUT2D eigenvalue weighted by Crippen LogP contribution is 2.48. The highest BCUT2D eigenvalue weighted by Gasteiger charge is 2.46. The van der Waals surface area contributed by atoms with Gasteiger partial charge in [0.25, 0.3) is 0 Å². The van der Waals surface area contributed by atoms with Crippen LogP contribution in [-0.2, 0) is 21.5 Å². The predicted molar refractivity (Wildman–Crippen MR) is 155 cm³/mol. The zero-order valence-electron chi connectivity index (χ0n) is 22.5. The van der Waals surface area contributed by atoms with Crippen LogP contribution in [0.5, 0.6) is 0 Å². The van der Waals surface area contributed by atoms with E-state index < -0.39 is 0 Å². The first-order valence-corrected chi connectivity index (χ1v) is 13.6. The lowest BCUT2D eigenvalue weighted by Crippen LogP contribution is -2.39. The lowest BCUT2D eigenvalue weighted by molar-refractivity contribution is -0.136. The number of hydrogen-bond acceptors (Lipinski definition) is 3. The van der Waals surface area contributed by atoms with E-state index in [0.717, 1.165) is 17.7 Å². The normalized spacial score (nSPS) is 16.5. The maximum Gasteiger partial charge on any atom is 0.245 e. The van der Waals surface area contributed by atoms with Crippen LogP contribution in [0.3, 0.4) is 0 Å². The van der Waals surface area contributed by atoms with Crippen LogP contribution in [0.2, 0.25) is 5.02 Å². The van der Waals surface area contributed by atoms with Crippen molar-refractivity contribution < 1.29 is 9.59 Å². The molecule has 5 rings (SSSR count). The Balaban J connectivity index is 1.38. The van der Waals surface area contributed by atoms with Gasteiger partial charge in [0.1, 0.15) is 12.4 Å². The molecular formula is C32H33ClN4O2. The number of carbonyl (C=O) groups is 2. The van der Waals surface area contributed by atoms with Crippen molar-refractivity contribution in [1.82, 2.24) is 14.7 Å². The molecule has 0 bridgehead atoms. The molecule has 1 heterocycles. The van der Waals surface area contributed by atoms with Crippen LogP contribution >= 0.6 is 11.6 Å². The second kappa shape index (κ2) is 11.1. The molecule has 1 fully saturated rings. The molecule has 2 unspecified atom stereocenters. The first-order chi connectivity index (χ1) is 18.7. The van der Waals surface area contributed by atoms with Gasteiger partial charge in [-0.2, -0.15) is 5.10 Å². The van der Waals surface area contributed by atoms with Gasteiger partial charge in [-0.05, 0) is 35.6 Å². The van der Waals surface area contributed by atoms with Gasteiger partial charge >= 0.3 is 0 Å². The van der Waals surface area contributed by atoms with Gasteiger partial charge in [-0.1, -0.05) is 105 Å². The number of benzene rings is 3. The molecule has 1 saturated carbocycles. The molecule has 1 aromatic heterocycles. The molecule has 0 spiro atoms. The zero-order valence-corrected chi connectivity index (χ0v) is 23.2. The SMILES string of the molecule is CC(C)(C)c1cc(NC(=O)CN(Cc2ccccc2)C(=O)C2CC2c2ccccc2)n(-c2ccccc2Cl)n1. The fourth-order valence-electron chi connectivity index (χ4n) is 4.79. The smallest absolute Gasteiger partial charge is 0.245 e. The summed E-state index contributed by atoms with van der Waals surface area (Å²) >= 11 is 6.49. The highest BCUT2D eigenvalue weighted by atomic mass is 35.5. The van der Waals surface area contributed by atoms with E-state index in [0.29, 0.717) is 23.1 Å². The molecule has 2 atom stereocenters. The van der Waals surface area contributed by atoms with Gasteiger partial charge in [-0.25, -0.2) is 4.68 Å². The molecule has 39 heavy (non-hydrogen) atoms. The molecule has 1 aliphatic rings. The average Bonchev–Trinajstić information content (AvgIpc) is 3.61. The van der Waals surface area contributed by atoms with Crippen molar-refractivity contribution in [3.8, 4) is 5.69 Å². The van der Waals surface area contributed by atoms with Gasteiger partial charge in [0.05, 0.1) is 16.4 Å². The van der Waals surface area contributed by atoms with Crippen LogP contribution in [0.4, 0.5) is 5.82 Å². The van der Waals surface area contributed by atoms with Crippen LogP contribution in [0.25, 0.3) is 5.69 Å². The number of rotatable bonds is 8.